The SMILES string of the molecule is CCOCCCN1CC(C)(C)NCC1(C)c1ccccc1. The standard InChI is InChI=1S/C18H30N2O/c1-5-21-13-9-12-20-15-17(2,3)19-14-18(20,4)16-10-7-6-8-11-16/h6-8,10-11,19H,5,9,12-15H2,1-4H3. The maximum atomic E-state index is 5.51. The lowest BCUT2D eigenvalue weighted by molar-refractivity contribution is 0.0159. The van der Waals surface area contributed by atoms with Gasteiger partial charge in [0.15, 0.2) is 0 Å². The molecule has 2 rings (SSSR count). The summed E-state index contributed by atoms with van der Waals surface area (Å²) in [5.41, 5.74) is 1.62. The van der Waals surface area contributed by atoms with Crippen molar-refractivity contribution in [1.82, 2.24) is 10.2 Å². The van der Waals surface area contributed by atoms with Crippen LogP contribution >= 0.6 is 0 Å². The average molecular weight is 290 g/mol. The van der Waals surface area contributed by atoms with Gasteiger partial charge in [-0.05, 0) is 39.7 Å². The van der Waals surface area contributed by atoms with E-state index in [2.05, 4.69) is 68.2 Å². The van der Waals surface area contributed by atoms with Crippen molar-refractivity contribution >= 4 is 0 Å². The summed E-state index contributed by atoms with van der Waals surface area (Å²) in [5, 5.41) is 3.71. The Morgan fingerprint density at radius 3 is 2.57 bits per heavy atom. The van der Waals surface area contributed by atoms with Gasteiger partial charge in [-0.3, -0.25) is 4.90 Å². The van der Waals surface area contributed by atoms with E-state index >= 15 is 0 Å². The van der Waals surface area contributed by atoms with Gasteiger partial charge < -0.3 is 10.1 Å². The van der Waals surface area contributed by atoms with E-state index in [9.17, 15) is 0 Å². The zero-order valence-electron chi connectivity index (χ0n) is 14.0. The fraction of sp³-hybridized carbons (Fsp3) is 0.667. The monoisotopic (exact) mass is 290 g/mol. The van der Waals surface area contributed by atoms with E-state index in [1.807, 2.05) is 0 Å². The minimum absolute atomic E-state index is 0.0585. The summed E-state index contributed by atoms with van der Waals surface area (Å²) in [6.07, 6.45) is 1.09. The van der Waals surface area contributed by atoms with E-state index in [0.29, 0.717) is 0 Å². The molecule has 118 valence electrons. The largest absolute Gasteiger partial charge is 0.382 e. The van der Waals surface area contributed by atoms with E-state index < -0.39 is 0 Å². The molecule has 0 aromatic heterocycles. The van der Waals surface area contributed by atoms with Crippen LogP contribution in [0.1, 0.15) is 39.7 Å². The lowest BCUT2D eigenvalue weighted by Gasteiger charge is -2.51. The number of piperazine rings is 1. The predicted octanol–water partition coefficient (Wildman–Crippen LogP) is 3.01. The molecule has 0 saturated carbocycles. The van der Waals surface area contributed by atoms with Gasteiger partial charge in [0.2, 0.25) is 0 Å². The molecule has 3 nitrogen and oxygen atoms in total. The topological polar surface area (TPSA) is 24.5 Å². The van der Waals surface area contributed by atoms with Gasteiger partial charge in [0.05, 0.1) is 5.54 Å². The van der Waals surface area contributed by atoms with Crippen LogP contribution in [0.15, 0.2) is 30.3 Å². The molecule has 1 saturated heterocycles. The van der Waals surface area contributed by atoms with Gasteiger partial charge in [-0.15, -0.1) is 0 Å². The van der Waals surface area contributed by atoms with Gasteiger partial charge in [-0.25, -0.2) is 0 Å². The summed E-state index contributed by atoms with van der Waals surface area (Å²) >= 11 is 0. The van der Waals surface area contributed by atoms with Gasteiger partial charge in [0.1, 0.15) is 0 Å². The summed E-state index contributed by atoms with van der Waals surface area (Å²) in [5.74, 6) is 0. The van der Waals surface area contributed by atoms with Crippen LogP contribution < -0.4 is 5.32 Å². The predicted molar refractivity (Wildman–Crippen MR) is 88.6 cm³/mol. The van der Waals surface area contributed by atoms with Gasteiger partial charge >= 0.3 is 0 Å². The molecule has 0 radical (unpaired) electrons. The number of hydrogen-bond donors (Lipinski definition) is 1. The maximum Gasteiger partial charge on any atom is 0.0558 e. The van der Waals surface area contributed by atoms with Gasteiger partial charge in [-0.2, -0.15) is 0 Å². The van der Waals surface area contributed by atoms with Crippen molar-refractivity contribution in [2.24, 2.45) is 0 Å². The van der Waals surface area contributed by atoms with Crippen LogP contribution in [-0.2, 0) is 10.3 Å². The third-order valence-electron chi connectivity index (χ3n) is 4.51. The molecule has 0 spiro atoms. The van der Waals surface area contributed by atoms with Gasteiger partial charge in [0, 0.05) is 38.4 Å². The number of hydrogen-bond acceptors (Lipinski definition) is 3. The molecular weight excluding hydrogens is 260 g/mol. The first-order chi connectivity index (χ1) is 9.98. The van der Waals surface area contributed by atoms with Crippen molar-refractivity contribution in [1.29, 1.82) is 0 Å². The molecule has 1 N–H and O–H groups in total. The van der Waals surface area contributed by atoms with E-state index in [1.165, 1.54) is 5.56 Å². The Kier molecular flexibility index (Phi) is 5.42. The first-order valence-electron chi connectivity index (χ1n) is 8.11. The normalized spacial score (nSPS) is 25.9. The Bertz CT molecular complexity index is 432. The highest BCUT2D eigenvalue weighted by atomic mass is 16.5. The fourth-order valence-corrected chi connectivity index (χ4v) is 3.14. The molecule has 0 amide bonds. The second kappa shape index (κ2) is 6.91. The van der Waals surface area contributed by atoms with E-state index in [4.69, 9.17) is 4.74 Å². The highest BCUT2D eigenvalue weighted by molar-refractivity contribution is 5.26. The molecule has 0 aliphatic carbocycles. The first kappa shape index (κ1) is 16.5. The van der Waals surface area contributed by atoms with Crippen molar-refractivity contribution < 1.29 is 4.74 Å². The maximum absolute atomic E-state index is 5.51. The van der Waals surface area contributed by atoms with Crippen LogP contribution in [0.2, 0.25) is 0 Å². The molecule has 3 heteroatoms. The van der Waals surface area contributed by atoms with Crippen LogP contribution in [0.5, 0.6) is 0 Å². The molecule has 1 unspecified atom stereocenters. The van der Waals surface area contributed by atoms with E-state index in [1.54, 1.807) is 0 Å². The lowest BCUT2D eigenvalue weighted by Crippen LogP contribution is -2.65. The van der Waals surface area contributed by atoms with Crippen LogP contribution in [0.25, 0.3) is 0 Å². The molecule has 1 aliphatic rings. The van der Waals surface area contributed by atoms with Crippen molar-refractivity contribution in [3.63, 3.8) is 0 Å². The molecule has 1 aromatic carbocycles. The smallest absolute Gasteiger partial charge is 0.0558 e. The van der Waals surface area contributed by atoms with Crippen molar-refractivity contribution in [3.05, 3.63) is 35.9 Å². The summed E-state index contributed by atoms with van der Waals surface area (Å²) in [7, 11) is 0. The quantitative estimate of drug-likeness (QED) is 0.815. The second-order valence-corrected chi connectivity index (χ2v) is 6.85. The summed E-state index contributed by atoms with van der Waals surface area (Å²) in [6.45, 7) is 13.8. The van der Waals surface area contributed by atoms with Crippen LogP contribution in [0, 0.1) is 0 Å². The summed E-state index contributed by atoms with van der Waals surface area (Å²) < 4.78 is 5.51. The van der Waals surface area contributed by atoms with Gasteiger partial charge in [-0.1, -0.05) is 30.3 Å². The van der Waals surface area contributed by atoms with Crippen molar-refractivity contribution in [2.75, 3.05) is 32.8 Å². The Hall–Kier alpha value is -0.900. The molecule has 21 heavy (non-hydrogen) atoms. The number of ether oxygens (including phenoxy) is 1. The molecular formula is C18H30N2O. The number of nitrogens with zero attached hydrogens (tertiary/aromatic N) is 1. The Balaban J connectivity index is 2.12. The summed E-state index contributed by atoms with van der Waals surface area (Å²) in [6, 6.07) is 10.9. The van der Waals surface area contributed by atoms with Gasteiger partial charge in [0.25, 0.3) is 0 Å². The first-order valence-corrected chi connectivity index (χ1v) is 8.11. The number of rotatable bonds is 6. The highest BCUT2D eigenvalue weighted by Gasteiger charge is 2.41. The average Bonchev–Trinajstić information content (AvgIpc) is 2.48. The molecule has 1 atom stereocenters. The minimum Gasteiger partial charge on any atom is -0.382 e. The zero-order chi connectivity index (χ0) is 15.3. The van der Waals surface area contributed by atoms with Crippen molar-refractivity contribution in [3.8, 4) is 0 Å². The fourth-order valence-electron chi connectivity index (χ4n) is 3.14. The molecule has 1 aliphatic heterocycles. The van der Waals surface area contributed by atoms with E-state index in [0.717, 1.165) is 39.3 Å². The molecule has 0 bridgehead atoms. The summed E-state index contributed by atoms with van der Waals surface area (Å²) in [4.78, 5) is 2.62. The number of benzene rings is 1. The Morgan fingerprint density at radius 1 is 1.19 bits per heavy atom. The van der Waals surface area contributed by atoms with E-state index in [-0.39, 0.29) is 11.1 Å². The number of nitrogens with one attached hydrogen (secondary N) is 1. The Labute approximate surface area is 129 Å². The highest BCUT2D eigenvalue weighted by Crippen LogP contribution is 2.33. The lowest BCUT2D eigenvalue weighted by atomic mass is 9.84. The molecule has 1 fully saturated rings. The van der Waals surface area contributed by atoms with Crippen molar-refractivity contribution in [2.45, 2.75) is 45.2 Å². The van der Waals surface area contributed by atoms with Crippen LogP contribution in [-0.4, -0.2) is 43.3 Å². The minimum atomic E-state index is 0.0585. The molecule has 1 aromatic rings. The van der Waals surface area contributed by atoms with Crippen LogP contribution in [0.4, 0.5) is 0 Å². The van der Waals surface area contributed by atoms with Crippen LogP contribution in [0.3, 0.4) is 0 Å². The Morgan fingerprint density at radius 2 is 1.90 bits per heavy atom. The third-order valence-corrected chi connectivity index (χ3v) is 4.51. The third kappa shape index (κ3) is 4.06. The second-order valence-electron chi connectivity index (χ2n) is 6.85. The zero-order valence-corrected chi connectivity index (χ0v) is 14.0. The molecule has 1 heterocycles.